The third-order valence-electron chi connectivity index (χ3n) is 3.83. The van der Waals surface area contributed by atoms with Crippen LogP contribution in [0.2, 0.25) is 0 Å². The van der Waals surface area contributed by atoms with Crippen molar-refractivity contribution in [2.75, 3.05) is 12.3 Å². The lowest BCUT2D eigenvalue weighted by Crippen LogP contribution is -2.20. The Morgan fingerprint density at radius 2 is 2.33 bits per heavy atom. The summed E-state index contributed by atoms with van der Waals surface area (Å²) in [6.45, 7) is 4.30. The van der Waals surface area contributed by atoms with Crippen LogP contribution >= 0.6 is 23.1 Å². The third-order valence-corrected chi connectivity index (χ3v) is 5.85. The minimum Gasteiger partial charge on any atom is -0.309 e. The van der Waals surface area contributed by atoms with Crippen molar-refractivity contribution in [1.82, 2.24) is 20.1 Å². The Hall–Kier alpha value is -0.850. The minimum atomic E-state index is 0.432. The van der Waals surface area contributed by atoms with Crippen LogP contribution in [0.5, 0.6) is 0 Å². The molecule has 0 bridgehead atoms. The molecule has 1 unspecified atom stereocenters. The number of nitrogens with one attached hydrogen (secondary N) is 1. The Labute approximate surface area is 134 Å². The molecule has 0 saturated carbocycles. The summed E-state index contributed by atoms with van der Waals surface area (Å²) in [5.41, 5.74) is 0. The van der Waals surface area contributed by atoms with Gasteiger partial charge in [-0.2, -0.15) is 0 Å². The van der Waals surface area contributed by atoms with Crippen LogP contribution in [0, 0.1) is 0 Å². The van der Waals surface area contributed by atoms with Gasteiger partial charge in [0.2, 0.25) is 0 Å². The van der Waals surface area contributed by atoms with Gasteiger partial charge < -0.3 is 9.88 Å². The second kappa shape index (κ2) is 7.42. The van der Waals surface area contributed by atoms with E-state index < -0.39 is 0 Å². The van der Waals surface area contributed by atoms with E-state index in [1.165, 1.54) is 30.0 Å². The van der Waals surface area contributed by atoms with Gasteiger partial charge in [-0.25, -0.2) is 0 Å². The molecule has 114 valence electrons. The zero-order valence-electron chi connectivity index (χ0n) is 12.4. The summed E-state index contributed by atoms with van der Waals surface area (Å²) in [5.74, 6) is 2.21. The van der Waals surface area contributed by atoms with Crippen LogP contribution in [0.4, 0.5) is 0 Å². The van der Waals surface area contributed by atoms with Crippen molar-refractivity contribution in [2.45, 2.75) is 50.4 Å². The molecule has 1 aliphatic rings. The van der Waals surface area contributed by atoms with Crippen molar-refractivity contribution in [3.05, 3.63) is 28.2 Å². The number of hydrogen-bond donors (Lipinski definition) is 1. The Morgan fingerprint density at radius 1 is 1.38 bits per heavy atom. The van der Waals surface area contributed by atoms with E-state index in [0.29, 0.717) is 6.04 Å². The van der Waals surface area contributed by atoms with Crippen LogP contribution in [0.25, 0.3) is 0 Å². The maximum Gasteiger partial charge on any atom is 0.191 e. The standard InChI is InChI=1S/C15H22N4S2/c1-12(13-6-5-10-20-13)16-8-11-21-15-18-17-14-7-3-2-4-9-19(14)15/h5-6,10,12,16H,2-4,7-9,11H2,1H3. The van der Waals surface area contributed by atoms with Crippen LogP contribution in [0.1, 0.15) is 42.9 Å². The fourth-order valence-electron chi connectivity index (χ4n) is 2.62. The second-order valence-electron chi connectivity index (χ2n) is 5.40. The maximum absolute atomic E-state index is 4.36. The van der Waals surface area contributed by atoms with Crippen LogP contribution in [0.15, 0.2) is 22.7 Å². The Bertz CT molecular complexity index is 550. The molecule has 0 aromatic carbocycles. The van der Waals surface area contributed by atoms with Gasteiger partial charge in [0, 0.05) is 36.2 Å². The van der Waals surface area contributed by atoms with Gasteiger partial charge in [0.25, 0.3) is 0 Å². The third kappa shape index (κ3) is 3.87. The first-order chi connectivity index (χ1) is 10.3. The van der Waals surface area contributed by atoms with E-state index in [4.69, 9.17) is 0 Å². The lowest BCUT2D eigenvalue weighted by atomic mass is 10.2. The van der Waals surface area contributed by atoms with Crippen molar-refractivity contribution in [1.29, 1.82) is 0 Å². The summed E-state index contributed by atoms with van der Waals surface area (Å²) in [7, 11) is 0. The molecular formula is C15H22N4S2. The van der Waals surface area contributed by atoms with Gasteiger partial charge in [-0.05, 0) is 31.2 Å². The second-order valence-corrected chi connectivity index (χ2v) is 7.44. The lowest BCUT2D eigenvalue weighted by Gasteiger charge is -2.12. The lowest BCUT2D eigenvalue weighted by molar-refractivity contribution is 0.588. The van der Waals surface area contributed by atoms with E-state index in [0.717, 1.165) is 30.4 Å². The first-order valence-corrected chi connectivity index (χ1v) is 9.53. The molecule has 0 radical (unpaired) electrons. The van der Waals surface area contributed by atoms with Gasteiger partial charge in [-0.1, -0.05) is 24.2 Å². The van der Waals surface area contributed by atoms with Crippen LogP contribution < -0.4 is 5.32 Å². The molecule has 2 aromatic heterocycles. The van der Waals surface area contributed by atoms with Crippen LogP contribution in [-0.4, -0.2) is 27.1 Å². The molecule has 6 heteroatoms. The van der Waals surface area contributed by atoms with Gasteiger partial charge >= 0.3 is 0 Å². The topological polar surface area (TPSA) is 42.7 Å². The minimum absolute atomic E-state index is 0.432. The van der Waals surface area contributed by atoms with E-state index in [-0.39, 0.29) is 0 Å². The van der Waals surface area contributed by atoms with Gasteiger partial charge in [0.15, 0.2) is 5.16 Å². The number of hydrogen-bond acceptors (Lipinski definition) is 5. The smallest absolute Gasteiger partial charge is 0.191 e. The molecule has 0 aliphatic carbocycles. The molecule has 1 aliphatic heterocycles. The zero-order chi connectivity index (χ0) is 14.5. The number of aromatic nitrogens is 3. The monoisotopic (exact) mass is 322 g/mol. The Morgan fingerprint density at radius 3 is 3.19 bits per heavy atom. The Balaban J connectivity index is 1.46. The Kier molecular flexibility index (Phi) is 5.32. The van der Waals surface area contributed by atoms with Crippen molar-refractivity contribution in [3.8, 4) is 0 Å². The predicted molar refractivity (Wildman–Crippen MR) is 89.0 cm³/mol. The molecule has 3 rings (SSSR count). The zero-order valence-corrected chi connectivity index (χ0v) is 14.1. The molecule has 0 spiro atoms. The van der Waals surface area contributed by atoms with E-state index in [1.807, 2.05) is 23.1 Å². The van der Waals surface area contributed by atoms with E-state index >= 15 is 0 Å². The highest BCUT2D eigenvalue weighted by Gasteiger charge is 2.14. The van der Waals surface area contributed by atoms with Crippen molar-refractivity contribution in [3.63, 3.8) is 0 Å². The summed E-state index contributed by atoms with van der Waals surface area (Å²) in [4.78, 5) is 1.40. The average Bonchev–Trinajstić information content (AvgIpc) is 3.09. The fourth-order valence-corrected chi connectivity index (χ4v) is 4.23. The summed E-state index contributed by atoms with van der Waals surface area (Å²) in [5, 5.41) is 15.5. The van der Waals surface area contributed by atoms with Gasteiger partial charge in [-0.15, -0.1) is 21.5 Å². The summed E-state index contributed by atoms with van der Waals surface area (Å²) >= 11 is 3.63. The molecule has 2 aromatic rings. The first-order valence-electron chi connectivity index (χ1n) is 7.66. The molecular weight excluding hydrogens is 300 g/mol. The van der Waals surface area contributed by atoms with Gasteiger partial charge in [0.05, 0.1) is 0 Å². The molecule has 0 fully saturated rings. The molecule has 0 amide bonds. The number of thioether (sulfide) groups is 1. The largest absolute Gasteiger partial charge is 0.309 e. The highest BCUT2D eigenvalue weighted by Crippen LogP contribution is 2.22. The van der Waals surface area contributed by atoms with Crippen molar-refractivity contribution < 1.29 is 0 Å². The van der Waals surface area contributed by atoms with Crippen molar-refractivity contribution in [2.24, 2.45) is 0 Å². The number of rotatable bonds is 6. The normalized spacial score (nSPS) is 16.4. The molecule has 1 N–H and O–H groups in total. The molecule has 4 nitrogen and oxygen atoms in total. The van der Waals surface area contributed by atoms with Crippen LogP contribution in [0.3, 0.4) is 0 Å². The molecule has 21 heavy (non-hydrogen) atoms. The predicted octanol–water partition coefficient (Wildman–Crippen LogP) is 3.51. The molecule has 3 heterocycles. The average molecular weight is 323 g/mol. The van der Waals surface area contributed by atoms with Gasteiger partial charge in [0.1, 0.15) is 5.82 Å². The molecule has 0 saturated heterocycles. The van der Waals surface area contributed by atoms with Gasteiger partial charge in [-0.3, -0.25) is 0 Å². The summed E-state index contributed by atoms with van der Waals surface area (Å²) in [6.07, 6.45) is 4.91. The maximum atomic E-state index is 4.36. The quantitative estimate of drug-likeness (QED) is 0.653. The van der Waals surface area contributed by atoms with E-state index in [9.17, 15) is 0 Å². The number of thiophene rings is 1. The highest BCUT2D eigenvalue weighted by molar-refractivity contribution is 7.99. The SMILES string of the molecule is CC(NCCSc1nnc2n1CCCCC2)c1cccs1. The highest BCUT2D eigenvalue weighted by atomic mass is 32.2. The summed E-state index contributed by atoms with van der Waals surface area (Å²) < 4.78 is 2.32. The molecule has 1 atom stereocenters. The van der Waals surface area contributed by atoms with Crippen molar-refractivity contribution >= 4 is 23.1 Å². The fraction of sp³-hybridized carbons (Fsp3) is 0.600. The van der Waals surface area contributed by atoms with E-state index in [2.05, 4.69) is 44.5 Å². The van der Waals surface area contributed by atoms with Crippen LogP contribution in [-0.2, 0) is 13.0 Å². The number of nitrogens with zero attached hydrogens (tertiary/aromatic N) is 3. The van der Waals surface area contributed by atoms with E-state index in [1.54, 1.807) is 0 Å². The first kappa shape index (κ1) is 15.1. The summed E-state index contributed by atoms with van der Waals surface area (Å²) in [6, 6.07) is 4.73. The number of fused-ring (bicyclic) bond motifs is 1. The number of aryl methyl sites for hydroxylation is 1.